The summed E-state index contributed by atoms with van der Waals surface area (Å²) in [5.74, 6) is 0.245. The molecular formula is C13H12BrNO3S. The van der Waals surface area contributed by atoms with Crippen molar-refractivity contribution in [3.63, 3.8) is 0 Å². The van der Waals surface area contributed by atoms with Gasteiger partial charge in [-0.15, -0.1) is 0 Å². The molecule has 100 valence electrons. The van der Waals surface area contributed by atoms with Crippen LogP contribution in [-0.2, 0) is 16.6 Å². The normalized spacial score (nSPS) is 11.3. The Kier molecular flexibility index (Phi) is 4.24. The molecule has 19 heavy (non-hydrogen) atoms. The van der Waals surface area contributed by atoms with E-state index in [1.54, 1.807) is 12.1 Å². The van der Waals surface area contributed by atoms with Crippen LogP contribution in [0.1, 0.15) is 5.56 Å². The first kappa shape index (κ1) is 14.0. The number of sulfonamides is 1. The van der Waals surface area contributed by atoms with Crippen LogP contribution >= 0.6 is 15.9 Å². The third-order valence-electron chi connectivity index (χ3n) is 2.45. The van der Waals surface area contributed by atoms with Crippen molar-refractivity contribution in [2.45, 2.75) is 11.5 Å². The summed E-state index contributed by atoms with van der Waals surface area (Å²) >= 11 is 3.21. The lowest BCUT2D eigenvalue weighted by atomic mass is 10.2. The summed E-state index contributed by atoms with van der Waals surface area (Å²) in [4.78, 5) is -0.0298. The Labute approximate surface area is 120 Å². The molecule has 2 rings (SSSR count). The maximum Gasteiger partial charge on any atom is 0.241 e. The molecule has 2 aromatic rings. The van der Waals surface area contributed by atoms with E-state index in [0.29, 0.717) is 4.47 Å². The number of hydrogen-bond donors (Lipinski definition) is 1. The van der Waals surface area contributed by atoms with Crippen molar-refractivity contribution in [2.75, 3.05) is 0 Å². The molecule has 0 bridgehead atoms. The molecule has 0 heterocycles. The van der Waals surface area contributed by atoms with Crippen molar-refractivity contribution in [1.29, 1.82) is 0 Å². The van der Waals surface area contributed by atoms with Crippen LogP contribution in [0.15, 0.2) is 57.9 Å². The number of ether oxygens (including phenoxy) is 1. The average Bonchev–Trinajstić information content (AvgIpc) is 2.37. The van der Waals surface area contributed by atoms with E-state index in [0.717, 1.165) is 5.56 Å². The first-order valence-electron chi connectivity index (χ1n) is 5.46. The van der Waals surface area contributed by atoms with Gasteiger partial charge < -0.3 is 4.74 Å². The summed E-state index contributed by atoms with van der Waals surface area (Å²) in [6, 6.07) is 14.2. The third-order valence-corrected chi connectivity index (χ3v) is 3.87. The second-order valence-electron chi connectivity index (χ2n) is 3.91. The number of benzene rings is 2. The molecule has 0 saturated heterocycles. The van der Waals surface area contributed by atoms with Crippen molar-refractivity contribution < 1.29 is 13.2 Å². The minimum Gasteiger partial charge on any atom is -0.487 e. The second kappa shape index (κ2) is 5.73. The third kappa shape index (κ3) is 3.79. The monoisotopic (exact) mass is 341 g/mol. The van der Waals surface area contributed by atoms with Crippen LogP contribution in [0, 0.1) is 0 Å². The molecule has 0 amide bonds. The van der Waals surface area contributed by atoms with Gasteiger partial charge in [-0.2, -0.15) is 0 Å². The quantitative estimate of drug-likeness (QED) is 0.929. The summed E-state index contributed by atoms with van der Waals surface area (Å²) in [7, 11) is -3.82. The van der Waals surface area contributed by atoms with Crippen LogP contribution in [0.4, 0.5) is 0 Å². The fourth-order valence-electron chi connectivity index (χ4n) is 1.56. The highest BCUT2D eigenvalue weighted by molar-refractivity contribution is 9.10. The van der Waals surface area contributed by atoms with E-state index < -0.39 is 10.0 Å². The molecule has 0 spiro atoms. The fourth-order valence-corrected chi connectivity index (χ4v) is 2.77. The van der Waals surface area contributed by atoms with Crippen LogP contribution in [0.5, 0.6) is 5.75 Å². The number of rotatable bonds is 4. The Bertz CT molecular complexity index is 672. The van der Waals surface area contributed by atoms with Gasteiger partial charge in [0.25, 0.3) is 0 Å². The average molecular weight is 342 g/mol. The Morgan fingerprint density at radius 2 is 1.79 bits per heavy atom. The zero-order chi connectivity index (χ0) is 13.9. The number of nitrogens with two attached hydrogens (primary N) is 1. The lowest BCUT2D eigenvalue weighted by Gasteiger charge is -2.10. The number of primary sulfonamides is 1. The molecule has 0 radical (unpaired) electrons. The van der Waals surface area contributed by atoms with Gasteiger partial charge in [-0.05, 0) is 23.8 Å². The van der Waals surface area contributed by atoms with Crippen LogP contribution < -0.4 is 9.88 Å². The standard InChI is InChI=1S/C13H12BrNO3S/c14-11-6-7-12(13(8-11)19(15,16)17)18-9-10-4-2-1-3-5-10/h1-8H,9H2,(H2,15,16,17). The van der Waals surface area contributed by atoms with E-state index in [4.69, 9.17) is 9.88 Å². The summed E-state index contributed by atoms with van der Waals surface area (Å²) in [5.41, 5.74) is 0.950. The minimum absolute atomic E-state index is 0.0298. The van der Waals surface area contributed by atoms with Crippen molar-refractivity contribution in [2.24, 2.45) is 5.14 Å². The van der Waals surface area contributed by atoms with Gasteiger partial charge >= 0.3 is 0 Å². The van der Waals surface area contributed by atoms with E-state index >= 15 is 0 Å². The highest BCUT2D eigenvalue weighted by Gasteiger charge is 2.15. The zero-order valence-electron chi connectivity index (χ0n) is 9.91. The predicted molar refractivity (Wildman–Crippen MR) is 76.3 cm³/mol. The van der Waals surface area contributed by atoms with Gasteiger partial charge in [0.05, 0.1) is 0 Å². The van der Waals surface area contributed by atoms with Crippen molar-refractivity contribution in [1.82, 2.24) is 0 Å². The van der Waals surface area contributed by atoms with Crippen LogP contribution in [0.2, 0.25) is 0 Å². The molecule has 4 nitrogen and oxygen atoms in total. The van der Waals surface area contributed by atoms with Gasteiger partial charge in [-0.25, -0.2) is 13.6 Å². The predicted octanol–water partition coefficient (Wildman–Crippen LogP) is 2.68. The molecule has 0 unspecified atom stereocenters. The summed E-state index contributed by atoms with van der Waals surface area (Å²) in [5, 5.41) is 5.17. The molecular weight excluding hydrogens is 330 g/mol. The lowest BCUT2D eigenvalue weighted by molar-refractivity contribution is 0.298. The highest BCUT2D eigenvalue weighted by Crippen LogP contribution is 2.27. The number of halogens is 1. The van der Waals surface area contributed by atoms with Crippen molar-refractivity contribution in [3.05, 3.63) is 58.6 Å². The fraction of sp³-hybridized carbons (Fsp3) is 0.0769. The van der Waals surface area contributed by atoms with Gasteiger partial charge in [0, 0.05) is 4.47 Å². The largest absolute Gasteiger partial charge is 0.487 e. The van der Waals surface area contributed by atoms with E-state index in [2.05, 4.69) is 15.9 Å². The van der Waals surface area contributed by atoms with Gasteiger partial charge in [0.15, 0.2) is 0 Å². The van der Waals surface area contributed by atoms with Crippen LogP contribution in [-0.4, -0.2) is 8.42 Å². The smallest absolute Gasteiger partial charge is 0.241 e. The lowest BCUT2D eigenvalue weighted by Crippen LogP contribution is -2.14. The molecule has 2 aromatic carbocycles. The minimum atomic E-state index is -3.82. The van der Waals surface area contributed by atoms with Crippen LogP contribution in [0.3, 0.4) is 0 Å². The van der Waals surface area contributed by atoms with Gasteiger partial charge in [0.2, 0.25) is 10.0 Å². The maximum atomic E-state index is 11.5. The SMILES string of the molecule is NS(=O)(=O)c1cc(Br)ccc1OCc1ccccc1. The molecule has 0 saturated carbocycles. The second-order valence-corrected chi connectivity index (χ2v) is 6.36. The van der Waals surface area contributed by atoms with Crippen molar-refractivity contribution in [3.8, 4) is 5.75 Å². The van der Waals surface area contributed by atoms with Crippen molar-refractivity contribution >= 4 is 26.0 Å². The molecule has 6 heteroatoms. The molecule has 0 aliphatic carbocycles. The highest BCUT2D eigenvalue weighted by atomic mass is 79.9. The molecule has 0 atom stereocenters. The van der Waals surface area contributed by atoms with E-state index in [-0.39, 0.29) is 17.3 Å². The zero-order valence-corrected chi connectivity index (χ0v) is 12.3. The Hall–Kier alpha value is -1.37. The van der Waals surface area contributed by atoms with Gasteiger partial charge in [-0.1, -0.05) is 46.3 Å². The maximum absolute atomic E-state index is 11.5. The topological polar surface area (TPSA) is 69.4 Å². The van der Waals surface area contributed by atoms with Gasteiger partial charge in [0.1, 0.15) is 17.3 Å². The first-order valence-corrected chi connectivity index (χ1v) is 7.80. The van der Waals surface area contributed by atoms with E-state index in [1.807, 2.05) is 30.3 Å². The molecule has 0 aliphatic heterocycles. The number of hydrogen-bond acceptors (Lipinski definition) is 3. The molecule has 0 aliphatic rings. The van der Waals surface area contributed by atoms with Crippen LogP contribution in [0.25, 0.3) is 0 Å². The van der Waals surface area contributed by atoms with E-state index in [9.17, 15) is 8.42 Å². The Balaban J connectivity index is 2.26. The van der Waals surface area contributed by atoms with Gasteiger partial charge in [-0.3, -0.25) is 0 Å². The Morgan fingerprint density at radius 1 is 1.11 bits per heavy atom. The summed E-state index contributed by atoms with van der Waals surface area (Å²) in [6.45, 7) is 0.283. The molecule has 2 N–H and O–H groups in total. The Morgan fingerprint density at radius 3 is 2.42 bits per heavy atom. The first-order chi connectivity index (χ1) is 8.97. The summed E-state index contributed by atoms with van der Waals surface area (Å²) in [6.07, 6.45) is 0. The summed E-state index contributed by atoms with van der Waals surface area (Å²) < 4.78 is 29.1. The molecule has 0 fully saturated rings. The van der Waals surface area contributed by atoms with E-state index in [1.165, 1.54) is 6.07 Å². The molecule has 0 aromatic heterocycles.